The van der Waals surface area contributed by atoms with E-state index in [1.165, 1.54) is 0 Å². The molecule has 0 bridgehead atoms. The van der Waals surface area contributed by atoms with Gasteiger partial charge < -0.3 is 24.4 Å². The van der Waals surface area contributed by atoms with Gasteiger partial charge in [-0.05, 0) is 30.0 Å². The zero-order valence-corrected chi connectivity index (χ0v) is 22.0. The molecule has 2 aromatic rings. The van der Waals surface area contributed by atoms with Crippen LogP contribution < -0.4 is 5.32 Å². The molecule has 3 heterocycles. The lowest BCUT2D eigenvalue weighted by Gasteiger charge is -2.37. The molecule has 10 heteroatoms. The van der Waals surface area contributed by atoms with Crippen molar-refractivity contribution in [2.24, 2.45) is 5.41 Å². The fourth-order valence-corrected chi connectivity index (χ4v) is 5.68. The third-order valence-corrected chi connectivity index (χ3v) is 7.82. The quantitative estimate of drug-likeness (QED) is 0.508. The highest BCUT2D eigenvalue weighted by Gasteiger charge is 2.46. The Balaban J connectivity index is 1.33. The summed E-state index contributed by atoms with van der Waals surface area (Å²) in [6.07, 6.45) is 1.91. The number of ether oxygens (including phenoxy) is 3. The van der Waals surface area contributed by atoms with Crippen LogP contribution in [0.25, 0.3) is 0 Å². The summed E-state index contributed by atoms with van der Waals surface area (Å²) < 4.78 is 57.2. The SMILES string of the molecule is COC1COCCC1NC1C=CC(COCc2ccccc2)(C(=O)N2CCc3ncc(C(F)(F)F)cc3C2)C1. The van der Waals surface area contributed by atoms with Gasteiger partial charge in [0.1, 0.15) is 0 Å². The highest BCUT2D eigenvalue weighted by molar-refractivity contribution is 5.86. The smallest absolute Gasteiger partial charge is 0.379 e. The molecule has 3 aliphatic rings. The molecule has 210 valence electrons. The number of hydrogen-bond acceptors (Lipinski definition) is 6. The van der Waals surface area contributed by atoms with Crippen LogP contribution in [0.3, 0.4) is 0 Å². The number of carbonyl (C=O) groups excluding carboxylic acids is 1. The molecule has 1 saturated heterocycles. The number of benzene rings is 1. The molecule has 7 nitrogen and oxygen atoms in total. The molecule has 1 N–H and O–H groups in total. The molecule has 0 spiro atoms. The Morgan fingerprint density at radius 3 is 2.87 bits per heavy atom. The van der Waals surface area contributed by atoms with E-state index in [4.69, 9.17) is 14.2 Å². The second-order valence-corrected chi connectivity index (χ2v) is 10.5. The Morgan fingerprint density at radius 1 is 1.28 bits per heavy atom. The largest absolute Gasteiger partial charge is 0.417 e. The van der Waals surface area contributed by atoms with Crippen molar-refractivity contribution >= 4 is 5.91 Å². The minimum absolute atomic E-state index is 0.0781. The van der Waals surface area contributed by atoms with Crippen LogP contribution in [0.2, 0.25) is 0 Å². The fourth-order valence-electron chi connectivity index (χ4n) is 5.68. The Labute approximate surface area is 226 Å². The third-order valence-electron chi connectivity index (χ3n) is 7.82. The summed E-state index contributed by atoms with van der Waals surface area (Å²) in [5.41, 5.74) is 0.303. The maximum Gasteiger partial charge on any atom is 0.417 e. The summed E-state index contributed by atoms with van der Waals surface area (Å²) in [5.74, 6) is -0.144. The van der Waals surface area contributed by atoms with Gasteiger partial charge in [-0.2, -0.15) is 13.2 Å². The number of fused-ring (bicyclic) bond motifs is 1. The van der Waals surface area contributed by atoms with E-state index in [2.05, 4.69) is 10.3 Å². The highest BCUT2D eigenvalue weighted by Crippen LogP contribution is 2.38. The average molecular weight is 546 g/mol. The first-order valence-corrected chi connectivity index (χ1v) is 13.3. The van der Waals surface area contributed by atoms with E-state index in [-0.39, 0.29) is 37.2 Å². The van der Waals surface area contributed by atoms with Crippen molar-refractivity contribution in [2.45, 2.75) is 56.8 Å². The summed E-state index contributed by atoms with van der Waals surface area (Å²) in [7, 11) is 1.66. The second kappa shape index (κ2) is 11.8. The minimum atomic E-state index is -4.49. The molecule has 1 fully saturated rings. The predicted octanol–water partition coefficient (Wildman–Crippen LogP) is 3.91. The number of carbonyl (C=O) groups is 1. The summed E-state index contributed by atoms with van der Waals surface area (Å²) in [6.45, 7) is 2.15. The van der Waals surface area contributed by atoms with E-state index >= 15 is 0 Å². The van der Waals surface area contributed by atoms with Crippen LogP contribution in [0.15, 0.2) is 54.7 Å². The summed E-state index contributed by atoms with van der Waals surface area (Å²) in [5, 5.41) is 3.63. The van der Waals surface area contributed by atoms with E-state index < -0.39 is 17.2 Å². The topological polar surface area (TPSA) is 72.9 Å². The van der Waals surface area contributed by atoms with Crippen LogP contribution in [0, 0.1) is 5.41 Å². The maximum absolute atomic E-state index is 14.1. The second-order valence-electron chi connectivity index (χ2n) is 10.5. The molecule has 39 heavy (non-hydrogen) atoms. The number of methoxy groups -OCH3 is 1. The van der Waals surface area contributed by atoms with Crippen LogP contribution in [0.1, 0.15) is 35.2 Å². The van der Waals surface area contributed by atoms with Crippen LogP contribution >= 0.6 is 0 Å². The Morgan fingerprint density at radius 2 is 2.10 bits per heavy atom. The van der Waals surface area contributed by atoms with E-state index in [9.17, 15) is 18.0 Å². The third kappa shape index (κ3) is 6.35. The van der Waals surface area contributed by atoms with Gasteiger partial charge in [0.05, 0.1) is 36.9 Å². The molecule has 1 amide bonds. The number of rotatable bonds is 8. The van der Waals surface area contributed by atoms with Crippen molar-refractivity contribution in [3.05, 3.63) is 77.1 Å². The molecule has 0 radical (unpaired) electrons. The average Bonchev–Trinajstić information content (AvgIpc) is 3.36. The lowest BCUT2D eigenvalue weighted by molar-refractivity contribution is -0.144. The normalized spacial score (nSPS) is 27.0. The van der Waals surface area contributed by atoms with Crippen molar-refractivity contribution in [3.8, 4) is 0 Å². The summed E-state index contributed by atoms with van der Waals surface area (Å²) in [4.78, 5) is 19.8. The van der Waals surface area contributed by atoms with Gasteiger partial charge in [-0.25, -0.2) is 0 Å². The summed E-state index contributed by atoms with van der Waals surface area (Å²) in [6, 6.07) is 10.9. The predicted molar refractivity (Wildman–Crippen MR) is 138 cm³/mol. The van der Waals surface area contributed by atoms with Gasteiger partial charge in [-0.1, -0.05) is 42.5 Å². The number of aromatic nitrogens is 1. The lowest BCUT2D eigenvalue weighted by Crippen LogP contribution is -2.52. The molecule has 1 aromatic carbocycles. The van der Waals surface area contributed by atoms with Crippen molar-refractivity contribution in [3.63, 3.8) is 0 Å². The highest BCUT2D eigenvalue weighted by atomic mass is 19.4. The number of halogens is 3. The number of pyridine rings is 1. The van der Waals surface area contributed by atoms with Gasteiger partial charge in [0.15, 0.2) is 0 Å². The van der Waals surface area contributed by atoms with E-state index in [1.54, 1.807) is 12.0 Å². The molecule has 1 aromatic heterocycles. The molecule has 4 unspecified atom stereocenters. The van der Waals surface area contributed by atoms with Crippen LogP contribution in [0.5, 0.6) is 0 Å². The van der Waals surface area contributed by atoms with Gasteiger partial charge in [-0.15, -0.1) is 0 Å². The maximum atomic E-state index is 14.1. The standard InChI is InChI=1S/C29H34F3N3O4/c1-37-26-18-38-12-9-25(26)34-23-7-10-28(14-23,19-39-17-20-5-3-2-4-6-20)27(36)35-11-8-24-21(16-35)13-22(15-33-24)29(30,31)32/h2-7,10,13,15,23,25-26,34H,8-9,11-12,14,16-19H2,1H3. The number of nitrogens with one attached hydrogen (secondary N) is 1. The van der Waals surface area contributed by atoms with Crippen molar-refractivity contribution in [1.29, 1.82) is 0 Å². The number of hydrogen-bond donors (Lipinski definition) is 1. The first kappa shape index (κ1) is 27.8. The lowest BCUT2D eigenvalue weighted by atomic mass is 9.84. The molecule has 0 saturated carbocycles. The van der Waals surface area contributed by atoms with Gasteiger partial charge in [0, 0.05) is 57.2 Å². The molecule has 4 atom stereocenters. The van der Waals surface area contributed by atoms with E-state index in [0.29, 0.717) is 50.5 Å². The Bertz CT molecular complexity index is 1180. The van der Waals surface area contributed by atoms with Gasteiger partial charge >= 0.3 is 6.18 Å². The molecular weight excluding hydrogens is 511 g/mol. The number of nitrogens with zero attached hydrogens (tertiary/aromatic N) is 2. The summed E-state index contributed by atoms with van der Waals surface area (Å²) >= 11 is 0. The first-order valence-electron chi connectivity index (χ1n) is 13.3. The van der Waals surface area contributed by atoms with Crippen molar-refractivity contribution < 1.29 is 32.2 Å². The zero-order valence-electron chi connectivity index (χ0n) is 22.0. The van der Waals surface area contributed by atoms with E-state index in [1.807, 2.05) is 42.5 Å². The number of alkyl halides is 3. The van der Waals surface area contributed by atoms with Crippen LogP contribution in [-0.4, -0.2) is 67.5 Å². The molecule has 2 aliphatic heterocycles. The molecular formula is C29H34F3N3O4. The van der Waals surface area contributed by atoms with Crippen LogP contribution in [-0.2, 0) is 44.8 Å². The number of amides is 1. The van der Waals surface area contributed by atoms with E-state index in [0.717, 1.165) is 24.2 Å². The molecule has 5 rings (SSSR count). The zero-order chi connectivity index (χ0) is 27.5. The van der Waals surface area contributed by atoms with Crippen LogP contribution in [0.4, 0.5) is 13.2 Å². The molecule has 1 aliphatic carbocycles. The van der Waals surface area contributed by atoms with Gasteiger partial charge in [0.25, 0.3) is 0 Å². The Kier molecular flexibility index (Phi) is 8.37. The van der Waals surface area contributed by atoms with Gasteiger partial charge in [-0.3, -0.25) is 9.78 Å². The van der Waals surface area contributed by atoms with Gasteiger partial charge in [0.2, 0.25) is 5.91 Å². The van der Waals surface area contributed by atoms with Crippen molar-refractivity contribution in [2.75, 3.05) is 33.5 Å². The minimum Gasteiger partial charge on any atom is -0.379 e. The Hall–Kier alpha value is -2.79. The monoisotopic (exact) mass is 545 g/mol. The van der Waals surface area contributed by atoms with Crippen molar-refractivity contribution in [1.82, 2.24) is 15.2 Å². The first-order chi connectivity index (χ1) is 18.8. The fraction of sp³-hybridized carbons (Fsp3) is 0.517.